The molecule has 2 bridgehead atoms. The predicted octanol–water partition coefficient (Wildman–Crippen LogP) is 4.76. The second-order valence-corrected chi connectivity index (χ2v) is 8.73. The summed E-state index contributed by atoms with van der Waals surface area (Å²) in [5, 5.41) is 12.4. The lowest BCUT2D eigenvalue weighted by molar-refractivity contribution is -0.137. The van der Waals surface area contributed by atoms with Gasteiger partial charge in [-0.25, -0.2) is 0 Å². The minimum atomic E-state index is -4.53. The number of carbonyl (C=O) groups excluding carboxylic acids is 1. The first-order valence-corrected chi connectivity index (χ1v) is 10.5. The van der Waals surface area contributed by atoms with Crippen molar-refractivity contribution in [2.45, 2.75) is 50.2 Å². The number of methoxy groups -OCH3 is 1. The minimum Gasteiger partial charge on any atom is -0.384 e. The highest BCUT2D eigenvalue weighted by molar-refractivity contribution is 8.00. The topological polar surface area (TPSA) is 74.2 Å². The zero-order chi connectivity index (χ0) is 21.1. The van der Waals surface area contributed by atoms with E-state index in [0.717, 1.165) is 12.1 Å². The van der Waals surface area contributed by atoms with E-state index >= 15 is 0 Å². The maximum absolute atomic E-state index is 13.2. The maximum atomic E-state index is 13.2. The van der Waals surface area contributed by atoms with E-state index in [2.05, 4.69) is 16.1 Å². The predicted molar refractivity (Wildman–Crippen MR) is 105 cm³/mol. The normalized spacial score (nSPS) is 26.0. The van der Waals surface area contributed by atoms with Crippen LogP contribution in [0.5, 0.6) is 0 Å². The number of ether oxygens (including phenoxy) is 1. The smallest absolute Gasteiger partial charge is 0.384 e. The van der Waals surface area contributed by atoms with E-state index in [9.17, 15) is 23.2 Å². The SMILES string of the molecule is COCCSNc1ccc(C(F)(F)F)cc1C(=O)NC12CCC(C#N)(CC1)CC2. The van der Waals surface area contributed by atoms with Crippen molar-refractivity contribution in [3.63, 3.8) is 0 Å². The number of alkyl halides is 3. The number of nitriles is 1. The van der Waals surface area contributed by atoms with Crippen molar-refractivity contribution >= 4 is 23.5 Å². The Hall–Kier alpha value is -1.92. The zero-order valence-corrected chi connectivity index (χ0v) is 17.0. The van der Waals surface area contributed by atoms with Gasteiger partial charge in [-0.05, 0) is 56.7 Å². The molecule has 3 aliphatic rings. The molecule has 1 amide bonds. The van der Waals surface area contributed by atoms with E-state index in [4.69, 9.17) is 4.74 Å². The molecule has 0 heterocycles. The van der Waals surface area contributed by atoms with Gasteiger partial charge in [0.2, 0.25) is 0 Å². The first-order chi connectivity index (χ1) is 13.7. The number of nitrogens with zero attached hydrogens (tertiary/aromatic N) is 1. The standard InChI is InChI=1S/C20H24F3N3O2S/c1-28-10-11-29-26-16-3-2-14(20(21,22)23)12-15(16)17(27)25-19-7-4-18(13-24,5-8-19)6-9-19/h2-3,12,26H,4-11H2,1H3,(H,25,27). The molecule has 3 fully saturated rings. The van der Waals surface area contributed by atoms with Crippen LogP contribution in [0.4, 0.5) is 18.9 Å². The molecule has 0 saturated heterocycles. The summed E-state index contributed by atoms with van der Waals surface area (Å²) in [6.07, 6.45) is -0.361. The third-order valence-electron chi connectivity index (χ3n) is 6.03. The molecule has 1 aromatic carbocycles. The molecule has 3 aliphatic carbocycles. The molecule has 4 rings (SSSR count). The fraction of sp³-hybridized carbons (Fsp3) is 0.600. The molecule has 3 saturated carbocycles. The summed E-state index contributed by atoms with van der Waals surface area (Å²) >= 11 is 1.26. The van der Waals surface area contributed by atoms with Crippen LogP contribution < -0.4 is 10.0 Å². The summed E-state index contributed by atoms with van der Waals surface area (Å²) in [5.41, 5.74) is -1.28. The first-order valence-electron chi connectivity index (χ1n) is 9.54. The van der Waals surface area contributed by atoms with Gasteiger partial charge in [-0.3, -0.25) is 4.79 Å². The van der Waals surface area contributed by atoms with Crippen molar-refractivity contribution in [2.24, 2.45) is 5.41 Å². The Morgan fingerprint density at radius 2 is 1.90 bits per heavy atom. The molecule has 0 unspecified atom stereocenters. The van der Waals surface area contributed by atoms with Crippen molar-refractivity contribution in [1.29, 1.82) is 5.26 Å². The number of carbonyl (C=O) groups is 1. The van der Waals surface area contributed by atoms with Crippen molar-refractivity contribution in [1.82, 2.24) is 5.32 Å². The van der Waals surface area contributed by atoms with Gasteiger partial charge in [0, 0.05) is 18.4 Å². The molecular formula is C20H24F3N3O2S. The van der Waals surface area contributed by atoms with Crippen molar-refractivity contribution in [2.75, 3.05) is 24.2 Å². The largest absolute Gasteiger partial charge is 0.416 e. The van der Waals surface area contributed by atoms with Crippen LogP contribution in [0.1, 0.15) is 54.4 Å². The van der Waals surface area contributed by atoms with Crippen LogP contribution >= 0.6 is 11.9 Å². The van der Waals surface area contributed by atoms with E-state index in [0.29, 0.717) is 56.6 Å². The van der Waals surface area contributed by atoms with E-state index < -0.39 is 23.2 Å². The highest BCUT2D eigenvalue weighted by Gasteiger charge is 2.49. The van der Waals surface area contributed by atoms with Gasteiger partial charge in [0.1, 0.15) is 0 Å². The quantitative estimate of drug-likeness (QED) is 0.485. The van der Waals surface area contributed by atoms with Crippen LogP contribution in [0.3, 0.4) is 0 Å². The van der Waals surface area contributed by atoms with Crippen LogP contribution in [0.2, 0.25) is 0 Å². The number of fused-ring (bicyclic) bond motifs is 3. The highest BCUT2D eigenvalue weighted by atomic mass is 32.2. The van der Waals surface area contributed by atoms with Gasteiger partial charge >= 0.3 is 6.18 Å². The summed E-state index contributed by atoms with van der Waals surface area (Å²) in [5.74, 6) is 0.0657. The Kier molecular flexibility index (Phi) is 6.34. The Morgan fingerprint density at radius 1 is 1.24 bits per heavy atom. The van der Waals surface area contributed by atoms with Crippen molar-refractivity contribution in [3.05, 3.63) is 29.3 Å². The summed E-state index contributed by atoms with van der Waals surface area (Å²) in [6.45, 7) is 0.476. The molecule has 0 aliphatic heterocycles. The third kappa shape index (κ3) is 4.81. The average molecular weight is 427 g/mol. The van der Waals surface area contributed by atoms with E-state index in [-0.39, 0.29) is 11.0 Å². The zero-order valence-electron chi connectivity index (χ0n) is 16.2. The van der Waals surface area contributed by atoms with Gasteiger partial charge in [0.05, 0.1) is 34.9 Å². The molecule has 1 aromatic rings. The van der Waals surface area contributed by atoms with Gasteiger partial charge in [-0.15, -0.1) is 0 Å². The minimum absolute atomic E-state index is 0.0261. The second kappa shape index (κ2) is 8.44. The van der Waals surface area contributed by atoms with Gasteiger partial charge in [0.25, 0.3) is 5.91 Å². The van der Waals surface area contributed by atoms with Gasteiger partial charge in [0.15, 0.2) is 0 Å². The van der Waals surface area contributed by atoms with E-state index in [1.54, 1.807) is 7.11 Å². The number of nitrogens with one attached hydrogen (secondary N) is 2. The molecule has 158 valence electrons. The van der Waals surface area contributed by atoms with Gasteiger partial charge in [-0.1, -0.05) is 11.9 Å². The van der Waals surface area contributed by atoms with Gasteiger partial charge < -0.3 is 14.8 Å². The lowest BCUT2D eigenvalue weighted by atomic mass is 9.58. The number of halogens is 3. The number of hydrogen-bond donors (Lipinski definition) is 2. The molecule has 0 atom stereocenters. The molecular weight excluding hydrogens is 403 g/mol. The number of amides is 1. The fourth-order valence-corrected chi connectivity index (χ4v) is 4.79. The number of rotatable bonds is 7. The van der Waals surface area contributed by atoms with Crippen molar-refractivity contribution in [3.8, 4) is 6.07 Å². The Morgan fingerprint density at radius 3 is 2.45 bits per heavy atom. The molecule has 9 heteroatoms. The molecule has 29 heavy (non-hydrogen) atoms. The molecule has 0 spiro atoms. The molecule has 2 N–H and O–H groups in total. The summed E-state index contributed by atoms with van der Waals surface area (Å²) in [6, 6.07) is 5.57. The van der Waals surface area contributed by atoms with Gasteiger partial charge in [-0.2, -0.15) is 18.4 Å². The van der Waals surface area contributed by atoms with Crippen LogP contribution in [-0.4, -0.2) is 30.9 Å². The Balaban J connectivity index is 1.79. The van der Waals surface area contributed by atoms with E-state index in [1.165, 1.54) is 18.0 Å². The molecule has 0 radical (unpaired) electrons. The monoisotopic (exact) mass is 427 g/mol. The number of benzene rings is 1. The first kappa shape index (κ1) is 21.8. The number of hydrogen-bond acceptors (Lipinski definition) is 5. The Bertz CT molecular complexity index is 783. The molecule has 0 aromatic heterocycles. The van der Waals surface area contributed by atoms with Crippen LogP contribution in [0.25, 0.3) is 0 Å². The summed E-state index contributed by atoms with van der Waals surface area (Å²) in [7, 11) is 1.56. The average Bonchev–Trinajstić information content (AvgIpc) is 2.71. The Labute approximate surface area is 172 Å². The summed E-state index contributed by atoms with van der Waals surface area (Å²) in [4.78, 5) is 13.0. The maximum Gasteiger partial charge on any atom is 0.416 e. The van der Waals surface area contributed by atoms with Crippen molar-refractivity contribution < 1.29 is 22.7 Å². The van der Waals surface area contributed by atoms with E-state index in [1.807, 2.05) is 0 Å². The lowest BCUT2D eigenvalue weighted by Crippen LogP contribution is -2.56. The lowest BCUT2D eigenvalue weighted by Gasteiger charge is -2.50. The fourth-order valence-electron chi connectivity index (χ4n) is 4.10. The number of anilines is 1. The molecule has 5 nitrogen and oxygen atoms in total. The second-order valence-electron chi connectivity index (χ2n) is 7.83. The van der Waals surface area contributed by atoms with Crippen LogP contribution in [0.15, 0.2) is 18.2 Å². The van der Waals surface area contributed by atoms with Crippen LogP contribution in [-0.2, 0) is 10.9 Å². The van der Waals surface area contributed by atoms with Crippen LogP contribution in [0, 0.1) is 16.7 Å². The highest BCUT2D eigenvalue weighted by Crippen LogP contribution is 2.52. The third-order valence-corrected chi connectivity index (χ3v) is 6.76. The summed E-state index contributed by atoms with van der Waals surface area (Å²) < 4.78 is 47.5.